The topological polar surface area (TPSA) is 78.0 Å². The number of carbonyl (C=O) groups is 1. The second kappa shape index (κ2) is 11.0. The van der Waals surface area contributed by atoms with E-state index in [1.807, 2.05) is 45.0 Å². The van der Waals surface area contributed by atoms with E-state index >= 15 is 0 Å². The molecule has 2 rings (SSSR count). The number of amides is 1. The molecule has 1 aromatic carbocycles. The van der Waals surface area contributed by atoms with Gasteiger partial charge in [-0.1, -0.05) is 19.1 Å². The van der Waals surface area contributed by atoms with Crippen molar-refractivity contribution in [1.82, 2.24) is 15.5 Å². The molecule has 1 unspecified atom stereocenters. The van der Waals surface area contributed by atoms with Crippen molar-refractivity contribution >= 4 is 17.7 Å². The third kappa shape index (κ3) is 8.73. The largest absolute Gasteiger partial charge is 0.444 e. The molecule has 1 saturated heterocycles. The Hall–Kier alpha value is -2.28. The molecule has 3 N–H and O–H groups in total. The van der Waals surface area contributed by atoms with Gasteiger partial charge >= 0.3 is 6.09 Å². The predicted molar refractivity (Wildman–Crippen MR) is 120 cm³/mol. The van der Waals surface area contributed by atoms with Crippen molar-refractivity contribution in [2.75, 3.05) is 45.1 Å². The molecule has 1 heterocycles. The Balaban J connectivity index is 1.69. The van der Waals surface area contributed by atoms with E-state index in [4.69, 9.17) is 4.74 Å². The van der Waals surface area contributed by atoms with Crippen LogP contribution < -0.4 is 16.0 Å². The highest BCUT2D eigenvalue weighted by Crippen LogP contribution is 2.15. The summed E-state index contributed by atoms with van der Waals surface area (Å²) in [7, 11) is 1.81. The van der Waals surface area contributed by atoms with Crippen LogP contribution >= 0.6 is 0 Å². The Bertz CT molecular complexity index is 667. The van der Waals surface area contributed by atoms with E-state index in [-0.39, 0.29) is 0 Å². The Morgan fingerprint density at radius 3 is 2.55 bits per heavy atom. The van der Waals surface area contributed by atoms with Crippen molar-refractivity contribution in [3.05, 3.63) is 29.8 Å². The predicted octanol–water partition coefficient (Wildman–Crippen LogP) is 3.08. The zero-order valence-electron chi connectivity index (χ0n) is 18.5. The summed E-state index contributed by atoms with van der Waals surface area (Å²) in [4.78, 5) is 18.6. The van der Waals surface area contributed by atoms with Gasteiger partial charge in [0.1, 0.15) is 5.60 Å². The van der Waals surface area contributed by atoms with Gasteiger partial charge in [0.05, 0.1) is 0 Å². The van der Waals surface area contributed by atoms with Crippen LogP contribution in [0.2, 0.25) is 0 Å². The van der Waals surface area contributed by atoms with Crippen LogP contribution in [-0.4, -0.2) is 62.3 Å². The number of rotatable bonds is 7. The number of nitrogens with zero attached hydrogens (tertiary/aromatic N) is 2. The molecule has 1 fully saturated rings. The number of ether oxygens (including phenoxy) is 1. The molecule has 0 aliphatic carbocycles. The molecule has 1 aliphatic rings. The fourth-order valence-electron chi connectivity index (χ4n) is 3.33. The molecule has 0 saturated carbocycles. The molecule has 29 heavy (non-hydrogen) atoms. The lowest BCUT2D eigenvalue weighted by Crippen LogP contribution is -2.41. The SMILES string of the molecule is CCN1CCC(CNC(=NC)NCCc2ccc(NC(=O)OC(C)(C)C)cc2)C1. The van der Waals surface area contributed by atoms with Crippen LogP contribution in [0.15, 0.2) is 29.3 Å². The van der Waals surface area contributed by atoms with Crippen molar-refractivity contribution in [3.8, 4) is 0 Å². The number of hydrogen-bond acceptors (Lipinski definition) is 4. The van der Waals surface area contributed by atoms with Crippen LogP contribution in [-0.2, 0) is 11.2 Å². The first-order valence-electron chi connectivity index (χ1n) is 10.5. The lowest BCUT2D eigenvalue weighted by Gasteiger charge is -2.19. The van der Waals surface area contributed by atoms with E-state index in [1.165, 1.54) is 25.1 Å². The first-order valence-corrected chi connectivity index (χ1v) is 10.5. The number of likely N-dealkylation sites (tertiary alicyclic amines) is 1. The number of hydrogen-bond donors (Lipinski definition) is 3. The van der Waals surface area contributed by atoms with Crippen molar-refractivity contribution in [2.24, 2.45) is 10.9 Å². The number of benzene rings is 1. The molecule has 0 radical (unpaired) electrons. The molecule has 0 aromatic heterocycles. The number of carbonyl (C=O) groups excluding carboxylic acids is 1. The highest BCUT2D eigenvalue weighted by atomic mass is 16.6. The number of nitrogens with one attached hydrogen (secondary N) is 3. The molecule has 1 amide bonds. The van der Waals surface area contributed by atoms with Gasteiger partial charge in [-0.05, 0) is 70.3 Å². The van der Waals surface area contributed by atoms with Crippen LogP contribution in [0.3, 0.4) is 0 Å². The lowest BCUT2D eigenvalue weighted by atomic mass is 10.1. The van der Waals surface area contributed by atoms with Gasteiger partial charge in [0.2, 0.25) is 0 Å². The zero-order valence-corrected chi connectivity index (χ0v) is 18.5. The highest BCUT2D eigenvalue weighted by Gasteiger charge is 2.21. The van der Waals surface area contributed by atoms with Crippen molar-refractivity contribution < 1.29 is 9.53 Å². The summed E-state index contributed by atoms with van der Waals surface area (Å²) in [6.07, 6.45) is 1.69. The Morgan fingerprint density at radius 2 is 1.97 bits per heavy atom. The molecular weight excluding hydrogens is 366 g/mol. The van der Waals surface area contributed by atoms with Crippen molar-refractivity contribution in [2.45, 2.75) is 46.1 Å². The molecule has 1 aliphatic heterocycles. The fraction of sp³-hybridized carbons (Fsp3) is 0.636. The lowest BCUT2D eigenvalue weighted by molar-refractivity contribution is 0.0636. The van der Waals surface area contributed by atoms with Crippen LogP contribution in [0.4, 0.5) is 10.5 Å². The van der Waals surface area contributed by atoms with E-state index in [9.17, 15) is 4.79 Å². The maximum absolute atomic E-state index is 11.8. The minimum Gasteiger partial charge on any atom is -0.444 e. The van der Waals surface area contributed by atoms with E-state index < -0.39 is 11.7 Å². The van der Waals surface area contributed by atoms with Crippen LogP contribution in [0.25, 0.3) is 0 Å². The number of anilines is 1. The van der Waals surface area contributed by atoms with E-state index in [1.54, 1.807) is 7.05 Å². The summed E-state index contributed by atoms with van der Waals surface area (Å²) in [6.45, 7) is 13.0. The second-order valence-corrected chi connectivity index (χ2v) is 8.50. The molecule has 1 aromatic rings. The van der Waals surface area contributed by atoms with E-state index in [2.05, 4.69) is 32.8 Å². The molecule has 1 atom stereocenters. The van der Waals surface area contributed by atoms with Gasteiger partial charge in [0, 0.05) is 32.4 Å². The summed E-state index contributed by atoms with van der Waals surface area (Å²) in [5.41, 5.74) is 1.42. The maximum Gasteiger partial charge on any atom is 0.412 e. The summed E-state index contributed by atoms with van der Waals surface area (Å²) >= 11 is 0. The normalized spacial score (nSPS) is 17.8. The zero-order chi connectivity index (χ0) is 21.3. The van der Waals surface area contributed by atoms with Gasteiger partial charge in [-0.2, -0.15) is 0 Å². The van der Waals surface area contributed by atoms with E-state index in [0.717, 1.165) is 37.7 Å². The average molecular weight is 404 g/mol. The van der Waals surface area contributed by atoms with Crippen LogP contribution in [0, 0.1) is 5.92 Å². The minimum absolute atomic E-state index is 0.439. The third-order valence-electron chi connectivity index (χ3n) is 4.90. The highest BCUT2D eigenvalue weighted by molar-refractivity contribution is 5.84. The average Bonchev–Trinajstić information content (AvgIpc) is 3.12. The van der Waals surface area contributed by atoms with Gasteiger partial charge < -0.3 is 20.3 Å². The summed E-state index contributed by atoms with van der Waals surface area (Å²) in [5.74, 6) is 1.54. The summed E-state index contributed by atoms with van der Waals surface area (Å²) < 4.78 is 5.26. The van der Waals surface area contributed by atoms with Gasteiger partial charge in [0.15, 0.2) is 5.96 Å². The molecule has 0 bridgehead atoms. The molecule has 7 heteroatoms. The quantitative estimate of drug-likeness (QED) is 0.482. The fourth-order valence-corrected chi connectivity index (χ4v) is 3.33. The monoisotopic (exact) mass is 403 g/mol. The molecule has 7 nitrogen and oxygen atoms in total. The van der Waals surface area contributed by atoms with E-state index in [0.29, 0.717) is 5.92 Å². The molecule has 162 valence electrons. The minimum atomic E-state index is -0.505. The maximum atomic E-state index is 11.8. The number of guanidine groups is 1. The summed E-state index contributed by atoms with van der Waals surface area (Å²) in [6, 6.07) is 7.82. The van der Waals surface area contributed by atoms with Crippen LogP contribution in [0.1, 0.15) is 39.7 Å². The Morgan fingerprint density at radius 1 is 1.24 bits per heavy atom. The first-order chi connectivity index (χ1) is 13.8. The van der Waals surface area contributed by atoms with Gasteiger partial charge in [-0.25, -0.2) is 4.79 Å². The third-order valence-corrected chi connectivity index (χ3v) is 4.90. The Labute approximate surface area is 175 Å². The molecule has 0 spiro atoms. The van der Waals surface area contributed by atoms with Crippen LogP contribution in [0.5, 0.6) is 0 Å². The van der Waals surface area contributed by atoms with Crippen molar-refractivity contribution in [3.63, 3.8) is 0 Å². The molecular formula is C22H37N5O2. The standard InChI is InChI=1S/C22H37N5O2/c1-6-27-14-12-18(16-27)15-25-20(23-5)24-13-11-17-7-9-19(10-8-17)26-21(28)29-22(2,3)4/h7-10,18H,6,11-16H2,1-5H3,(H,26,28)(H2,23,24,25). The second-order valence-electron chi connectivity index (χ2n) is 8.50. The first kappa shape index (κ1) is 23.0. The van der Waals surface area contributed by atoms with Gasteiger partial charge in [-0.15, -0.1) is 0 Å². The smallest absolute Gasteiger partial charge is 0.412 e. The van der Waals surface area contributed by atoms with Gasteiger partial charge in [0.25, 0.3) is 0 Å². The Kier molecular flexibility index (Phi) is 8.76. The van der Waals surface area contributed by atoms with Crippen molar-refractivity contribution in [1.29, 1.82) is 0 Å². The summed E-state index contributed by atoms with van der Waals surface area (Å²) in [5, 5.41) is 9.57. The number of aliphatic imine (C=N–C) groups is 1. The van der Waals surface area contributed by atoms with Gasteiger partial charge in [-0.3, -0.25) is 10.3 Å².